The average molecular weight is 323 g/mol. The van der Waals surface area contributed by atoms with Crippen LogP contribution >= 0.6 is 0 Å². The fourth-order valence-electron chi connectivity index (χ4n) is 3.04. The van der Waals surface area contributed by atoms with Crippen LogP contribution in [0.15, 0.2) is 29.0 Å². The van der Waals surface area contributed by atoms with Gasteiger partial charge in [0, 0.05) is 13.5 Å². The Labute approximate surface area is 138 Å². The minimum absolute atomic E-state index is 0.0110. The Morgan fingerprint density at radius 1 is 1.33 bits per heavy atom. The summed E-state index contributed by atoms with van der Waals surface area (Å²) in [6.45, 7) is 4.38. The zero-order chi connectivity index (χ0) is 16.8. The maximum atomic E-state index is 12.7. The van der Waals surface area contributed by atoms with Crippen molar-refractivity contribution < 1.29 is 9.32 Å². The number of carbonyl (C=O) groups is 1. The van der Waals surface area contributed by atoms with Crippen molar-refractivity contribution in [1.29, 1.82) is 0 Å². The quantitative estimate of drug-likeness (QED) is 0.723. The summed E-state index contributed by atoms with van der Waals surface area (Å²) in [7, 11) is 1.78. The maximum Gasteiger partial charge on any atom is 0.278 e. The first kappa shape index (κ1) is 14.6. The van der Waals surface area contributed by atoms with Gasteiger partial charge in [0.15, 0.2) is 11.5 Å². The van der Waals surface area contributed by atoms with Crippen LogP contribution in [0.2, 0.25) is 0 Å². The van der Waals surface area contributed by atoms with Crippen molar-refractivity contribution in [3.05, 3.63) is 47.2 Å². The molecule has 0 aliphatic carbocycles. The second-order valence-electron chi connectivity index (χ2n) is 5.91. The third kappa shape index (κ3) is 2.05. The van der Waals surface area contributed by atoms with Crippen LogP contribution in [0.4, 0.5) is 0 Å². The third-order valence-corrected chi connectivity index (χ3v) is 4.30. The van der Waals surface area contributed by atoms with Gasteiger partial charge in [-0.2, -0.15) is 4.98 Å². The molecule has 3 heterocycles. The predicted molar refractivity (Wildman–Crippen MR) is 86.8 cm³/mol. The van der Waals surface area contributed by atoms with Crippen LogP contribution in [0.25, 0.3) is 17.3 Å². The number of carbonyl (C=O) groups excluding carboxylic acids is 1. The minimum Gasteiger partial charge on any atom is -0.336 e. The molecule has 0 saturated heterocycles. The van der Waals surface area contributed by atoms with Crippen molar-refractivity contribution in [2.75, 3.05) is 7.05 Å². The Bertz CT molecular complexity index is 940. The van der Waals surface area contributed by atoms with Crippen molar-refractivity contribution in [1.82, 2.24) is 24.6 Å². The third-order valence-electron chi connectivity index (χ3n) is 4.30. The predicted octanol–water partition coefficient (Wildman–Crippen LogP) is 2.38. The average Bonchev–Trinajstić information content (AvgIpc) is 3.18. The number of aryl methyl sites for hydroxylation is 2. The van der Waals surface area contributed by atoms with Gasteiger partial charge in [-0.15, -0.1) is 0 Å². The molecule has 0 bridgehead atoms. The number of benzene rings is 1. The lowest BCUT2D eigenvalue weighted by Gasteiger charge is -2.14. The Kier molecular flexibility index (Phi) is 3.23. The number of rotatable bonds is 2. The van der Waals surface area contributed by atoms with E-state index in [0.717, 1.165) is 16.9 Å². The Morgan fingerprint density at radius 3 is 2.92 bits per heavy atom. The van der Waals surface area contributed by atoms with E-state index in [2.05, 4.69) is 15.1 Å². The standard InChI is InChI=1S/C17H17N5O2/c1-4-13-19-16(24-20-13)14-12-8-21(3)17(23)11-7-5-6-10(2)15(11)22(12)9-18-14/h5-7,9H,4,8H2,1-3H3. The normalized spacial score (nSPS) is 13.6. The largest absolute Gasteiger partial charge is 0.336 e. The molecular formula is C17H17N5O2. The number of nitrogens with zero attached hydrogens (tertiary/aromatic N) is 5. The summed E-state index contributed by atoms with van der Waals surface area (Å²) in [6.07, 6.45) is 2.42. The first-order valence-corrected chi connectivity index (χ1v) is 7.84. The molecule has 1 amide bonds. The highest BCUT2D eigenvalue weighted by molar-refractivity contribution is 5.99. The first-order chi connectivity index (χ1) is 11.6. The van der Waals surface area contributed by atoms with E-state index in [1.807, 2.05) is 36.6 Å². The number of fused-ring (bicyclic) bond motifs is 3. The van der Waals surface area contributed by atoms with Crippen LogP contribution < -0.4 is 0 Å². The van der Waals surface area contributed by atoms with Crippen LogP contribution in [0, 0.1) is 6.92 Å². The summed E-state index contributed by atoms with van der Waals surface area (Å²) in [4.78, 5) is 23.2. The summed E-state index contributed by atoms with van der Waals surface area (Å²) in [5, 5.41) is 3.94. The molecule has 0 saturated carbocycles. The van der Waals surface area contributed by atoms with E-state index in [4.69, 9.17) is 4.52 Å². The lowest BCUT2D eigenvalue weighted by atomic mass is 10.1. The topological polar surface area (TPSA) is 77.0 Å². The summed E-state index contributed by atoms with van der Waals surface area (Å²) in [6, 6.07) is 5.73. The molecule has 1 aromatic carbocycles. The van der Waals surface area contributed by atoms with Crippen LogP contribution in [-0.2, 0) is 13.0 Å². The molecule has 0 spiro atoms. The number of aromatic nitrogens is 4. The monoisotopic (exact) mass is 323 g/mol. The highest BCUT2D eigenvalue weighted by Gasteiger charge is 2.29. The Morgan fingerprint density at radius 2 is 2.17 bits per heavy atom. The van der Waals surface area contributed by atoms with Crippen molar-refractivity contribution in [3.8, 4) is 17.3 Å². The minimum atomic E-state index is -0.0110. The zero-order valence-corrected chi connectivity index (χ0v) is 13.8. The summed E-state index contributed by atoms with van der Waals surface area (Å²) < 4.78 is 7.30. The van der Waals surface area contributed by atoms with Crippen molar-refractivity contribution >= 4 is 5.91 Å². The van der Waals surface area contributed by atoms with Crippen molar-refractivity contribution in [3.63, 3.8) is 0 Å². The van der Waals surface area contributed by atoms with E-state index in [-0.39, 0.29) is 5.91 Å². The van der Waals surface area contributed by atoms with Crippen LogP contribution in [0.1, 0.15) is 34.4 Å². The molecule has 4 rings (SSSR count). The molecular weight excluding hydrogens is 306 g/mol. The van der Waals surface area contributed by atoms with E-state index < -0.39 is 0 Å². The number of hydrogen-bond donors (Lipinski definition) is 0. The van der Waals surface area contributed by atoms with Gasteiger partial charge >= 0.3 is 0 Å². The molecule has 0 radical (unpaired) electrons. The van der Waals surface area contributed by atoms with Gasteiger partial charge in [0.2, 0.25) is 0 Å². The highest BCUT2D eigenvalue weighted by atomic mass is 16.5. The van der Waals surface area contributed by atoms with Gasteiger partial charge in [-0.25, -0.2) is 4.98 Å². The molecule has 1 aliphatic rings. The highest BCUT2D eigenvalue weighted by Crippen LogP contribution is 2.31. The Balaban J connectivity index is 1.95. The zero-order valence-electron chi connectivity index (χ0n) is 13.8. The molecule has 0 unspecified atom stereocenters. The smallest absolute Gasteiger partial charge is 0.278 e. The first-order valence-electron chi connectivity index (χ1n) is 7.84. The van der Waals surface area contributed by atoms with Crippen LogP contribution in [0.3, 0.4) is 0 Å². The van der Waals surface area contributed by atoms with E-state index in [9.17, 15) is 4.79 Å². The molecule has 1 aliphatic heterocycles. The summed E-state index contributed by atoms with van der Waals surface area (Å²) in [5.74, 6) is 1.02. The van der Waals surface area contributed by atoms with Gasteiger partial charge in [-0.1, -0.05) is 24.2 Å². The molecule has 2 aromatic heterocycles. The lowest BCUT2D eigenvalue weighted by Crippen LogP contribution is -2.25. The van der Waals surface area contributed by atoms with E-state index in [0.29, 0.717) is 35.9 Å². The van der Waals surface area contributed by atoms with Crippen LogP contribution in [0.5, 0.6) is 0 Å². The summed E-state index contributed by atoms with van der Waals surface area (Å²) >= 11 is 0. The van der Waals surface area contributed by atoms with Crippen molar-refractivity contribution in [2.24, 2.45) is 0 Å². The van der Waals surface area contributed by atoms with Crippen LogP contribution in [-0.4, -0.2) is 37.5 Å². The fraction of sp³-hybridized carbons (Fsp3) is 0.294. The number of hydrogen-bond acceptors (Lipinski definition) is 5. The van der Waals surface area contributed by atoms with Gasteiger partial charge in [-0.05, 0) is 18.6 Å². The fourth-order valence-corrected chi connectivity index (χ4v) is 3.04. The van der Waals surface area contributed by atoms with Gasteiger partial charge in [0.1, 0.15) is 6.33 Å². The second-order valence-corrected chi connectivity index (χ2v) is 5.91. The van der Waals surface area contributed by atoms with Gasteiger partial charge in [0.05, 0.1) is 23.5 Å². The number of para-hydroxylation sites is 1. The number of imidazole rings is 1. The SMILES string of the molecule is CCc1noc(-c2ncn3c2CN(C)C(=O)c2cccc(C)c2-3)n1. The second kappa shape index (κ2) is 5.30. The van der Waals surface area contributed by atoms with Gasteiger partial charge < -0.3 is 9.42 Å². The van der Waals surface area contributed by atoms with Crippen molar-refractivity contribution in [2.45, 2.75) is 26.8 Å². The Hall–Kier alpha value is -2.96. The van der Waals surface area contributed by atoms with Gasteiger partial charge in [0.25, 0.3) is 11.8 Å². The summed E-state index contributed by atoms with van der Waals surface area (Å²) in [5.41, 5.74) is 4.03. The maximum absolute atomic E-state index is 12.7. The molecule has 3 aromatic rings. The molecule has 7 nitrogen and oxygen atoms in total. The van der Waals surface area contributed by atoms with E-state index in [1.165, 1.54) is 0 Å². The van der Waals surface area contributed by atoms with Gasteiger partial charge in [-0.3, -0.25) is 9.36 Å². The molecule has 7 heteroatoms. The van der Waals surface area contributed by atoms with E-state index >= 15 is 0 Å². The number of amides is 1. The molecule has 0 fully saturated rings. The molecule has 0 atom stereocenters. The molecule has 122 valence electrons. The molecule has 24 heavy (non-hydrogen) atoms. The molecule has 0 N–H and O–H groups in total. The lowest BCUT2D eigenvalue weighted by molar-refractivity contribution is 0.0788. The van der Waals surface area contributed by atoms with E-state index in [1.54, 1.807) is 18.3 Å².